The predicted octanol–water partition coefficient (Wildman–Crippen LogP) is 0.659. The molecule has 0 amide bonds. The predicted molar refractivity (Wildman–Crippen MR) is 74.7 cm³/mol. The Bertz CT molecular complexity index is 492. The lowest BCUT2D eigenvalue weighted by atomic mass is 9.97. The van der Waals surface area contributed by atoms with Crippen molar-refractivity contribution in [1.82, 2.24) is 10.2 Å². The van der Waals surface area contributed by atoms with Crippen LogP contribution in [-0.4, -0.2) is 54.8 Å². The average molecular weight is 276 g/mol. The largest absolute Gasteiger partial charge is 0.480 e. The lowest BCUT2D eigenvalue weighted by Gasteiger charge is -2.37. The molecule has 1 aromatic carbocycles. The molecule has 20 heavy (non-hydrogen) atoms. The van der Waals surface area contributed by atoms with Crippen LogP contribution in [0.3, 0.4) is 0 Å². The number of nitrogens with one attached hydrogen (secondary N) is 1. The molecule has 2 N–H and O–H groups in total. The number of piperazine rings is 1. The Morgan fingerprint density at radius 2 is 2.30 bits per heavy atom. The van der Waals surface area contributed by atoms with E-state index in [1.165, 1.54) is 11.1 Å². The van der Waals surface area contributed by atoms with Gasteiger partial charge in [0.05, 0.1) is 12.7 Å². The smallest absolute Gasteiger partial charge is 0.322 e. The van der Waals surface area contributed by atoms with E-state index in [2.05, 4.69) is 17.4 Å². The SMILES string of the molecule is O=C(O)C1CNCCN1CC1OCCc2ccccc21. The van der Waals surface area contributed by atoms with Crippen LogP contribution in [0.2, 0.25) is 0 Å². The molecular weight excluding hydrogens is 256 g/mol. The molecule has 1 saturated heterocycles. The Labute approximate surface area is 118 Å². The first-order valence-electron chi connectivity index (χ1n) is 7.12. The highest BCUT2D eigenvalue weighted by Gasteiger charge is 2.32. The number of benzene rings is 1. The van der Waals surface area contributed by atoms with Gasteiger partial charge in [0.15, 0.2) is 0 Å². The van der Waals surface area contributed by atoms with Crippen LogP contribution in [0, 0.1) is 0 Å². The van der Waals surface area contributed by atoms with Gasteiger partial charge in [-0.15, -0.1) is 0 Å². The summed E-state index contributed by atoms with van der Waals surface area (Å²) < 4.78 is 5.88. The third-order valence-corrected chi connectivity index (χ3v) is 4.13. The van der Waals surface area contributed by atoms with Gasteiger partial charge in [0.2, 0.25) is 0 Å². The number of nitrogens with zero attached hydrogens (tertiary/aromatic N) is 1. The van der Waals surface area contributed by atoms with Gasteiger partial charge in [0.1, 0.15) is 6.04 Å². The summed E-state index contributed by atoms with van der Waals surface area (Å²) in [5, 5.41) is 12.5. The third-order valence-electron chi connectivity index (χ3n) is 4.13. The molecule has 0 bridgehead atoms. The first-order chi connectivity index (χ1) is 9.75. The van der Waals surface area contributed by atoms with Gasteiger partial charge in [-0.2, -0.15) is 0 Å². The molecule has 2 atom stereocenters. The standard InChI is InChI=1S/C15H20N2O3/c18-15(19)13-9-16-6-7-17(13)10-14-12-4-2-1-3-11(12)5-8-20-14/h1-4,13-14,16H,5-10H2,(H,18,19). The number of carbonyl (C=O) groups is 1. The number of hydrogen-bond acceptors (Lipinski definition) is 4. The first-order valence-corrected chi connectivity index (χ1v) is 7.12. The van der Waals surface area contributed by atoms with E-state index in [1.54, 1.807) is 0 Å². The maximum Gasteiger partial charge on any atom is 0.322 e. The molecule has 2 unspecified atom stereocenters. The number of aliphatic carboxylic acids is 1. The van der Waals surface area contributed by atoms with Crippen molar-refractivity contribution in [3.63, 3.8) is 0 Å². The molecule has 108 valence electrons. The summed E-state index contributed by atoms with van der Waals surface area (Å²) in [4.78, 5) is 13.3. The van der Waals surface area contributed by atoms with E-state index in [0.717, 1.165) is 19.5 Å². The van der Waals surface area contributed by atoms with Crippen molar-refractivity contribution in [2.24, 2.45) is 0 Å². The molecule has 0 radical (unpaired) electrons. The molecule has 5 nitrogen and oxygen atoms in total. The van der Waals surface area contributed by atoms with Crippen molar-refractivity contribution in [1.29, 1.82) is 0 Å². The molecule has 1 aromatic rings. The van der Waals surface area contributed by atoms with Gasteiger partial charge >= 0.3 is 5.97 Å². The van der Waals surface area contributed by atoms with E-state index >= 15 is 0 Å². The molecule has 0 aromatic heterocycles. The van der Waals surface area contributed by atoms with Gasteiger partial charge in [-0.05, 0) is 17.5 Å². The van der Waals surface area contributed by atoms with Gasteiger partial charge in [-0.1, -0.05) is 24.3 Å². The highest BCUT2D eigenvalue weighted by molar-refractivity contribution is 5.74. The van der Waals surface area contributed by atoms with Crippen molar-refractivity contribution in [3.05, 3.63) is 35.4 Å². The minimum Gasteiger partial charge on any atom is -0.480 e. The summed E-state index contributed by atoms with van der Waals surface area (Å²) in [5.41, 5.74) is 2.53. The molecule has 2 aliphatic rings. The fraction of sp³-hybridized carbons (Fsp3) is 0.533. The summed E-state index contributed by atoms with van der Waals surface area (Å²) in [6.07, 6.45) is 0.927. The number of hydrogen-bond donors (Lipinski definition) is 2. The Morgan fingerprint density at radius 1 is 1.45 bits per heavy atom. The van der Waals surface area contributed by atoms with Gasteiger partial charge < -0.3 is 15.2 Å². The van der Waals surface area contributed by atoms with E-state index in [0.29, 0.717) is 19.7 Å². The van der Waals surface area contributed by atoms with Crippen LogP contribution >= 0.6 is 0 Å². The lowest BCUT2D eigenvalue weighted by Crippen LogP contribution is -2.56. The van der Waals surface area contributed by atoms with E-state index in [1.807, 2.05) is 17.0 Å². The van der Waals surface area contributed by atoms with Gasteiger partial charge in [0, 0.05) is 26.2 Å². The zero-order valence-corrected chi connectivity index (χ0v) is 11.4. The minimum atomic E-state index is -0.763. The summed E-state index contributed by atoms with van der Waals surface area (Å²) in [5.74, 6) is -0.763. The number of ether oxygens (including phenoxy) is 1. The van der Waals surface area contributed by atoms with E-state index < -0.39 is 12.0 Å². The molecule has 1 fully saturated rings. The van der Waals surface area contributed by atoms with Crippen molar-refractivity contribution in [3.8, 4) is 0 Å². The monoisotopic (exact) mass is 276 g/mol. The van der Waals surface area contributed by atoms with Crippen LogP contribution in [0.25, 0.3) is 0 Å². The summed E-state index contributed by atoms with van der Waals surface area (Å²) >= 11 is 0. The van der Waals surface area contributed by atoms with Crippen LogP contribution < -0.4 is 5.32 Å². The maximum absolute atomic E-state index is 11.3. The highest BCUT2D eigenvalue weighted by Crippen LogP contribution is 2.28. The molecule has 5 heteroatoms. The highest BCUT2D eigenvalue weighted by atomic mass is 16.5. The maximum atomic E-state index is 11.3. The van der Waals surface area contributed by atoms with E-state index in [-0.39, 0.29) is 6.10 Å². The molecule has 3 rings (SSSR count). The Hall–Kier alpha value is -1.43. The molecule has 0 saturated carbocycles. The molecule has 2 heterocycles. The molecule has 2 aliphatic heterocycles. The fourth-order valence-corrected chi connectivity index (χ4v) is 3.05. The summed E-state index contributed by atoms with van der Waals surface area (Å²) in [7, 11) is 0. The molecule has 0 spiro atoms. The second-order valence-electron chi connectivity index (χ2n) is 5.36. The average Bonchev–Trinajstić information content (AvgIpc) is 2.48. The fourth-order valence-electron chi connectivity index (χ4n) is 3.05. The Balaban J connectivity index is 1.76. The van der Waals surface area contributed by atoms with Crippen LogP contribution in [0.15, 0.2) is 24.3 Å². The van der Waals surface area contributed by atoms with E-state index in [9.17, 15) is 9.90 Å². The molecule has 0 aliphatic carbocycles. The van der Waals surface area contributed by atoms with Crippen molar-refractivity contribution in [2.45, 2.75) is 18.6 Å². The van der Waals surface area contributed by atoms with Crippen LogP contribution in [0.4, 0.5) is 0 Å². The number of carboxylic acid groups (broad SMARTS) is 1. The van der Waals surface area contributed by atoms with Crippen LogP contribution in [0.5, 0.6) is 0 Å². The second kappa shape index (κ2) is 5.91. The number of rotatable bonds is 3. The topological polar surface area (TPSA) is 61.8 Å². The normalized spacial score (nSPS) is 27.0. The second-order valence-corrected chi connectivity index (χ2v) is 5.36. The van der Waals surface area contributed by atoms with Crippen molar-refractivity contribution >= 4 is 5.97 Å². The van der Waals surface area contributed by atoms with E-state index in [4.69, 9.17) is 4.74 Å². The van der Waals surface area contributed by atoms with Gasteiger partial charge in [0.25, 0.3) is 0 Å². The van der Waals surface area contributed by atoms with Gasteiger partial charge in [-0.25, -0.2) is 0 Å². The quantitative estimate of drug-likeness (QED) is 0.849. The number of fused-ring (bicyclic) bond motifs is 1. The van der Waals surface area contributed by atoms with Crippen molar-refractivity contribution < 1.29 is 14.6 Å². The summed E-state index contributed by atoms with van der Waals surface area (Å²) in [6.45, 7) is 3.45. The Morgan fingerprint density at radius 3 is 3.15 bits per heavy atom. The first kappa shape index (κ1) is 13.5. The lowest BCUT2D eigenvalue weighted by molar-refractivity contribution is -0.144. The zero-order valence-electron chi connectivity index (χ0n) is 11.4. The van der Waals surface area contributed by atoms with Gasteiger partial charge in [-0.3, -0.25) is 9.69 Å². The summed E-state index contributed by atoms with van der Waals surface area (Å²) in [6, 6.07) is 7.84. The number of carboxylic acids is 1. The molecular formula is C15H20N2O3. The van der Waals surface area contributed by atoms with Crippen LogP contribution in [-0.2, 0) is 16.0 Å². The Kier molecular flexibility index (Phi) is 4.00. The zero-order chi connectivity index (χ0) is 13.9. The van der Waals surface area contributed by atoms with Crippen molar-refractivity contribution in [2.75, 3.05) is 32.8 Å². The van der Waals surface area contributed by atoms with Crippen LogP contribution in [0.1, 0.15) is 17.2 Å². The third kappa shape index (κ3) is 2.70. The minimum absolute atomic E-state index is 0.0140.